The summed E-state index contributed by atoms with van der Waals surface area (Å²) in [5, 5.41) is 10.3. The molecule has 3 nitrogen and oxygen atoms in total. The first-order valence-electron chi connectivity index (χ1n) is 7.61. The summed E-state index contributed by atoms with van der Waals surface area (Å²) in [5.74, 6) is -0.319. The maximum atomic E-state index is 15.4. The van der Waals surface area contributed by atoms with E-state index in [0.717, 1.165) is 11.3 Å². The first kappa shape index (κ1) is 14.4. The Labute approximate surface area is 138 Å². The number of hydrogen-bond acceptors (Lipinski definition) is 2. The first-order chi connectivity index (χ1) is 11.6. The summed E-state index contributed by atoms with van der Waals surface area (Å²) in [6.45, 7) is 1.86. The minimum atomic E-state index is -0.319. The van der Waals surface area contributed by atoms with Crippen LogP contribution in [0.1, 0.15) is 11.1 Å². The number of nitriles is 1. The van der Waals surface area contributed by atoms with Crippen molar-refractivity contribution in [1.82, 2.24) is 0 Å². The number of para-hydroxylation sites is 1. The van der Waals surface area contributed by atoms with Gasteiger partial charge in [0.1, 0.15) is 24.5 Å². The van der Waals surface area contributed by atoms with Gasteiger partial charge in [0.2, 0.25) is 5.69 Å². The van der Waals surface area contributed by atoms with Crippen molar-refractivity contribution in [3.63, 3.8) is 0 Å². The Balaban J connectivity index is 2.17. The van der Waals surface area contributed by atoms with Gasteiger partial charge in [-0.15, -0.1) is 0 Å². The second-order valence-electron chi connectivity index (χ2n) is 5.85. The number of pyridine rings is 1. The Kier molecular flexibility index (Phi) is 3.10. The number of furan rings is 1. The van der Waals surface area contributed by atoms with Gasteiger partial charge in [0.15, 0.2) is 11.8 Å². The average molecular weight is 317 g/mol. The summed E-state index contributed by atoms with van der Waals surface area (Å²) in [5.41, 5.74) is 3.44. The number of aromatic nitrogens is 1. The third-order valence-electron chi connectivity index (χ3n) is 4.36. The highest BCUT2D eigenvalue weighted by molar-refractivity contribution is 6.08. The second-order valence-corrected chi connectivity index (χ2v) is 5.85. The average Bonchev–Trinajstić information content (AvgIpc) is 2.94. The zero-order chi connectivity index (χ0) is 16.8. The van der Waals surface area contributed by atoms with Crippen molar-refractivity contribution in [2.45, 2.75) is 6.92 Å². The number of benzene rings is 2. The molecule has 0 bridgehead atoms. The van der Waals surface area contributed by atoms with E-state index in [2.05, 4.69) is 6.07 Å². The van der Waals surface area contributed by atoms with E-state index < -0.39 is 0 Å². The van der Waals surface area contributed by atoms with Crippen LogP contribution in [0.3, 0.4) is 0 Å². The molecule has 0 aliphatic rings. The Morgan fingerprint density at radius 1 is 1.17 bits per heavy atom. The molecule has 24 heavy (non-hydrogen) atoms. The van der Waals surface area contributed by atoms with Gasteiger partial charge < -0.3 is 4.42 Å². The molecule has 0 atom stereocenters. The second kappa shape index (κ2) is 5.17. The van der Waals surface area contributed by atoms with Crippen LogP contribution in [0.2, 0.25) is 0 Å². The van der Waals surface area contributed by atoms with Crippen molar-refractivity contribution in [1.29, 1.82) is 5.26 Å². The highest BCUT2D eigenvalue weighted by Crippen LogP contribution is 2.37. The lowest BCUT2D eigenvalue weighted by Gasteiger charge is -2.06. The SMILES string of the molecule is Cc1cc2oc3c(C#N)cccc3c2c(F)c1-c1cccc[n+]1C. The summed E-state index contributed by atoms with van der Waals surface area (Å²) in [4.78, 5) is 0. The molecular weight excluding hydrogens is 303 g/mol. The van der Waals surface area contributed by atoms with Crippen LogP contribution >= 0.6 is 0 Å². The molecular formula is C20H14FN2O+. The van der Waals surface area contributed by atoms with Crippen molar-refractivity contribution >= 4 is 21.9 Å². The van der Waals surface area contributed by atoms with Gasteiger partial charge in [0.25, 0.3) is 0 Å². The Morgan fingerprint density at radius 3 is 2.75 bits per heavy atom. The molecule has 0 saturated carbocycles. The van der Waals surface area contributed by atoms with Gasteiger partial charge in [0.05, 0.1) is 16.5 Å². The summed E-state index contributed by atoms with van der Waals surface area (Å²) < 4.78 is 23.1. The van der Waals surface area contributed by atoms with Gasteiger partial charge in [-0.05, 0) is 30.7 Å². The molecule has 0 N–H and O–H groups in total. The van der Waals surface area contributed by atoms with E-state index in [1.165, 1.54) is 0 Å². The molecule has 4 heteroatoms. The lowest BCUT2D eigenvalue weighted by atomic mass is 9.99. The number of hydrogen-bond donors (Lipinski definition) is 0. The summed E-state index contributed by atoms with van der Waals surface area (Å²) >= 11 is 0. The van der Waals surface area contributed by atoms with Gasteiger partial charge >= 0.3 is 0 Å². The molecule has 0 amide bonds. The molecule has 2 heterocycles. The summed E-state index contributed by atoms with van der Waals surface area (Å²) in [6, 6.07) is 14.8. The van der Waals surface area contributed by atoms with E-state index in [4.69, 9.17) is 4.42 Å². The molecule has 0 unspecified atom stereocenters. The molecule has 116 valence electrons. The van der Waals surface area contributed by atoms with Crippen LogP contribution < -0.4 is 4.57 Å². The maximum absolute atomic E-state index is 15.4. The van der Waals surface area contributed by atoms with E-state index in [9.17, 15) is 5.26 Å². The molecule has 0 saturated heterocycles. The largest absolute Gasteiger partial charge is 0.455 e. The third kappa shape index (κ3) is 1.92. The molecule has 0 fully saturated rings. The minimum Gasteiger partial charge on any atom is -0.455 e. The molecule has 0 radical (unpaired) electrons. The molecule has 0 aliphatic carbocycles. The van der Waals surface area contributed by atoms with Crippen LogP contribution in [0.4, 0.5) is 4.39 Å². The lowest BCUT2D eigenvalue weighted by Crippen LogP contribution is -2.30. The zero-order valence-electron chi connectivity index (χ0n) is 13.3. The van der Waals surface area contributed by atoms with Crippen molar-refractivity contribution in [2.75, 3.05) is 0 Å². The Hall–Kier alpha value is -3.19. The van der Waals surface area contributed by atoms with Crippen molar-refractivity contribution in [2.24, 2.45) is 7.05 Å². The fourth-order valence-electron chi connectivity index (χ4n) is 3.22. The minimum absolute atomic E-state index is 0.319. The van der Waals surface area contributed by atoms with E-state index in [-0.39, 0.29) is 5.82 Å². The van der Waals surface area contributed by atoms with Gasteiger partial charge in [0, 0.05) is 17.5 Å². The normalized spacial score (nSPS) is 11.1. The quantitative estimate of drug-likeness (QED) is 0.488. The van der Waals surface area contributed by atoms with E-state index in [0.29, 0.717) is 33.1 Å². The molecule has 2 aromatic heterocycles. The van der Waals surface area contributed by atoms with Crippen molar-refractivity contribution in [3.05, 3.63) is 65.6 Å². The number of aryl methyl sites for hydroxylation is 2. The third-order valence-corrected chi connectivity index (χ3v) is 4.36. The topological polar surface area (TPSA) is 40.8 Å². The predicted molar refractivity (Wildman–Crippen MR) is 89.7 cm³/mol. The maximum Gasteiger partial charge on any atom is 0.215 e. The molecule has 0 aliphatic heterocycles. The Morgan fingerprint density at radius 2 is 2.00 bits per heavy atom. The number of nitrogens with zero attached hydrogens (tertiary/aromatic N) is 2. The lowest BCUT2D eigenvalue weighted by molar-refractivity contribution is -0.660. The first-order valence-corrected chi connectivity index (χ1v) is 7.61. The van der Waals surface area contributed by atoms with Crippen molar-refractivity contribution in [3.8, 4) is 17.3 Å². The molecule has 4 rings (SSSR count). The van der Waals surface area contributed by atoms with Gasteiger partial charge in [-0.3, -0.25) is 0 Å². The summed E-state index contributed by atoms with van der Waals surface area (Å²) in [6.07, 6.45) is 1.89. The predicted octanol–water partition coefficient (Wildman–Crippen LogP) is 4.40. The monoisotopic (exact) mass is 317 g/mol. The van der Waals surface area contributed by atoms with E-state index in [1.807, 2.05) is 49.0 Å². The van der Waals surface area contributed by atoms with E-state index >= 15 is 4.39 Å². The van der Waals surface area contributed by atoms with Gasteiger partial charge in [-0.1, -0.05) is 12.1 Å². The number of fused-ring (bicyclic) bond motifs is 3. The van der Waals surface area contributed by atoms with Crippen molar-refractivity contribution < 1.29 is 13.4 Å². The standard InChI is InChI=1S/C20H14FN2O/c1-12-10-16-18(14-7-5-6-13(11-22)20(14)24-16)19(21)17(12)15-8-3-4-9-23(15)2/h3-10H,1-2H3/q+1. The van der Waals surface area contributed by atoms with Crippen LogP contribution in [-0.4, -0.2) is 0 Å². The molecule has 2 aromatic carbocycles. The van der Waals surface area contributed by atoms with Gasteiger partial charge in [-0.25, -0.2) is 8.96 Å². The number of rotatable bonds is 1. The van der Waals surface area contributed by atoms with Crippen LogP contribution in [0, 0.1) is 24.1 Å². The molecule has 0 spiro atoms. The zero-order valence-corrected chi connectivity index (χ0v) is 13.3. The smallest absolute Gasteiger partial charge is 0.215 e. The highest BCUT2D eigenvalue weighted by atomic mass is 19.1. The fraction of sp³-hybridized carbons (Fsp3) is 0.100. The van der Waals surface area contributed by atoms with Crippen LogP contribution in [0.5, 0.6) is 0 Å². The van der Waals surface area contributed by atoms with E-state index in [1.54, 1.807) is 18.2 Å². The van der Waals surface area contributed by atoms with Crippen LogP contribution in [0.15, 0.2) is 53.1 Å². The summed E-state index contributed by atoms with van der Waals surface area (Å²) in [7, 11) is 1.89. The molecule has 4 aromatic rings. The fourth-order valence-corrected chi connectivity index (χ4v) is 3.22. The van der Waals surface area contributed by atoms with Gasteiger partial charge in [-0.2, -0.15) is 5.26 Å². The highest BCUT2D eigenvalue weighted by Gasteiger charge is 2.23. The number of halogens is 1. The van der Waals surface area contributed by atoms with Crippen LogP contribution in [0.25, 0.3) is 33.2 Å². The van der Waals surface area contributed by atoms with Crippen LogP contribution in [-0.2, 0) is 7.05 Å². The Bertz CT molecular complexity index is 1150.